The van der Waals surface area contributed by atoms with E-state index in [1.165, 1.54) is 18.4 Å². The fraction of sp³-hybridized carbons (Fsp3) is 0.571. The average molecular weight is 221 g/mol. The molecule has 1 nitrogen and oxygen atoms in total. The van der Waals surface area contributed by atoms with Crippen molar-refractivity contribution in [1.82, 2.24) is 0 Å². The topological polar surface area (TPSA) is 12.0 Å². The van der Waals surface area contributed by atoms with Crippen LogP contribution in [0.25, 0.3) is 0 Å². The molecule has 1 aromatic carbocycles. The Hall–Kier alpha value is -1.05. The highest BCUT2D eigenvalue weighted by atomic mass is 19.1. The summed E-state index contributed by atoms with van der Waals surface area (Å²) < 4.78 is 13.6. The Bertz CT molecular complexity index is 380. The number of anilines is 1. The van der Waals surface area contributed by atoms with Gasteiger partial charge < -0.3 is 5.32 Å². The second-order valence-electron chi connectivity index (χ2n) is 5.56. The fourth-order valence-electron chi connectivity index (χ4n) is 1.74. The molecule has 0 radical (unpaired) electrons. The van der Waals surface area contributed by atoms with Gasteiger partial charge in [-0.15, -0.1) is 0 Å². The maximum atomic E-state index is 13.6. The van der Waals surface area contributed by atoms with E-state index in [-0.39, 0.29) is 5.82 Å². The Labute approximate surface area is 97.1 Å². The standard InChI is InChI=1S/C14H20FN/c1-10(2)11-4-5-12(15)13(8-11)16-9-14(3)6-7-14/h4-5,8,10,16H,6-7,9H2,1-3H3. The molecule has 1 aromatic rings. The summed E-state index contributed by atoms with van der Waals surface area (Å²) in [6.45, 7) is 7.37. The Morgan fingerprint density at radius 3 is 2.62 bits per heavy atom. The molecular formula is C14H20FN. The molecule has 0 atom stereocenters. The molecule has 0 amide bonds. The quantitative estimate of drug-likeness (QED) is 0.805. The van der Waals surface area contributed by atoms with Gasteiger partial charge in [-0.2, -0.15) is 0 Å². The highest BCUT2D eigenvalue weighted by Gasteiger charge is 2.36. The highest BCUT2D eigenvalue weighted by Crippen LogP contribution is 2.44. The molecule has 1 fully saturated rings. The summed E-state index contributed by atoms with van der Waals surface area (Å²) in [6, 6.07) is 5.36. The van der Waals surface area contributed by atoms with Gasteiger partial charge in [0.25, 0.3) is 0 Å². The molecule has 1 aliphatic carbocycles. The number of rotatable bonds is 4. The first-order valence-electron chi connectivity index (χ1n) is 6.03. The van der Waals surface area contributed by atoms with Crippen molar-refractivity contribution in [1.29, 1.82) is 0 Å². The molecule has 0 aromatic heterocycles. The van der Waals surface area contributed by atoms with Crippen LogP contribution < -0.4 is 5.32 Å². The SMILES string of the molecule is CC(C)c1ccc(F)c(NCC2(C)CC2)c1. The molecule has 0 heterocycles. The summed E-state index contributed by atoms with van der Waals surface area (Å²) in [4.78, 5) is 0. The third-order valence-corrected chi connectivity index (χ3v) is 3.47. The van der Waals surface area contributed by atoms with Crippen LogP contribution in [0.4, 0.5) is 10.1 Å². The molecule has 1 aliphatic rings. The first-order chi connectivity index (χ1) is 7.50. The Balaban J connectivity index is 2.09. The van der Waals surface area contributed by atoms with Crippen molar-refractivity contribution in [2.24, 2.45) is 5.41 Å². The van der Waals surface area contributed by atoms with E-state index in [0.29, 0.717) is 17.0 Å². The van der Waals surface area contributed by atoms with Gasteiger partial charge in [-0.3, -0.25) is 0 Å². The van der Waals surface area contributed by atoms with E-state index in [0.717, 1.165) is 6.54 Å². The molecule has 2 rings (SSSR count). The Morgan fingerprint density at radius 2 is 2.06 bits per heavy atom. The molecular weight excluding hydrogens is 201 g/mol. The zero-order chi connectivity index (χ0) is 11.8. The molecule has 0 aliphatic heterocycles. The molecule has 88 valence electrons. The number of benzene rings is 1. The van der Waals surface area contributed by atoms with Gasteiger partial charge in [0, 0.05) is 6.54 Å². The largest absolute Gasteiger partial charge is 0.382 e. The highest BCUT2D eigenvalue weighted by molar-refractivity contribution is 5.48. The minimum absolute atomic E-state index is 0.145. The van der Waals surface area contributed by atoms with Crippen molar-refractivity contribution in [2.75, 3.05) is 11.9 Å². The van der Waals surface area contributed by atoms with E-state index in [1.807, 2.05) is 12.1 Å². The average Bonchev–Trinajstić information content (AvgIpc) is 2.95. The van der Waals surface area contributed by atoms with E-state index in [2.05, 4.69) is 26.1 Å². The molecule has 0 bridgehead atoms. The van der Waals surface area contributed by atoms with Crippen molar-refractivity contribution in [3.63, 3.8) is 0 Å². The molecule has 0 unspecified atom stereocenters. The second-order valence-corrected chi connectivity index (χ2v) is 5.56. The van der Waals surface area contributed by atoms with Crippen molar-refractivity contribution in [3.8, 4) is 0 Å². The number of halogens is 1. The lowest BCUT2D eigenvalue weighted by Crippen LogP contribution is -2.12. The van der Waals surface area contributed by atoms with Crippen molar-refractivity contribution in [3.05, 3.63) is 29.6 Å². The predicted octanol–water partition coefficient (Wildman–Crippen LogP) is 4.16. The first kappa shape index (κ1) is 11.4. The summed E-state index contributed by atoms with van der Waals surface area (Å²) in [5.41, 5.74) is 2.24. The van der Waals surface area contributed by atoms with Crippen LogP contribution in [0.15, 0.2) is 18.2 Å². The molecule has 1 saturated carbocycles. The minimum atomic E-state index is -0.145. The molecule has 1 N–H and O–H groups in total. The first-order valence-corrected chi connectivity index (χ1v) is 6.03. The molecule has 2 heteroatoms. The van der Waals surface area contributed by atoms with Crippen LogP contribution in [-0.4, -0.2) is 6.54 Å². The smallest absolute Gasteiger partial charge is 0.146 e. The van der Waals surface area contributed by atoms with Gasteiger partial charge >= 0.3 is 0 Å². The van der Waals surface area contributed by atoms with Gasteiger partial charge in [0.15, 0.2) is 0 Å². The zero-order valence-corrected chi connectivity index (χ0v) is 10.3. The minimum Gasteiger partial charge on any atom is -0.382 e. The van der Waals surface area contributed by atoms with Gasteiger partial charge in [0.05, 0.1) is 5.69 Å². The van der Waals surface area contributed by atoms with Crippen molar-refractivity contribution >= 4 is 5.69 Å². The number of nitrogens with one attached hydrogen (secondary N) is 1. The van der Waals surface area contributed by atoms with Crippen LogP contribution in [0.3, 0.4) is 0 Å². The van der Waals surface area contributed by atoms with Gasteiger partial charge in [0.2, 0.25) is 0 Å². The fourth-order valence-corrected chi connectivity index (χ4v) is 1.74. The van der Waals surface area contributed by atoms with Gasteiger partial charge in [0.1, 0.15) is 5.82 Å². The van der Waals surface area contributed by atoms with E-state index < -0.39 is 0 Å². The lowest BCUT2D eigenvalue weighted by atomic mass is 10.0. The van der Waals surface area contributed by atoms with Gasteiger partial charge in [-0.1, -0.05) is 26.8 Å². The Kier molecular flexibility index (Phi) is 2.92. The molecule has 16 heavy (non-hydrogen) atoms. The van der Waals surface area contributed by atoms with Crippen molar-refractivity contribution in [2.45, 2.75) is 39.5 Å². The van der Waals surface area contributed by atoms with Crippen LogP contribution in [0.5, 0.6) is 0 Å². The van der Waals surface area contributed by atoms with E-state index >= 15 is 0 Å². The van der Waals surface area contributed by atoms with Crippen LogP contribution in [-0.2, 0) is 0 Å². The third kappa shape index (κ3) is 2.55. The second kappa shape index (κ2) is 4.08. The Morgan fingerprint density at radius 1 is 1.38 bits per heavy atom. The number of hydrogen-bond acceptors (Lipinski definition) is 1. The summed E-state index contributed by atoms with van der Waals surface area (Å²) >= 11 is 0. The van der Waals surface area contributed by atoms with E-state index in [1.54, 1.807) is 6.07 Å². The normalized spacial score (nSPS) is 17.6. The maximum Gasteiger partial charge on any atom is 0.146 e. The van der Waals surface area contributed by atoms with E-state index in [9.17, 15) is 4.39 Å². The number of hydrogen-bond donors (Lipinski definition) is 1. The van der Waals surface area contributed by atoms with Crippen molar-refractivity contribution < 1.29 is 4.39 Å². The van der Waals surface area contributed by atoms with Gasteiger partial charge in [-0.05, 0) is 41.9 Å². The van der Waals surface area contributed by atoms with E-state index in [4.69, 9.17) is 0 Å². The third-order valence-electron chi connectivity index (χ3n) is 3.47. The van der Waals surface area contributed by atoms with Crippen LogP contribution in [0, 0.1) is 11.2 Å². The predicted molar refractivity (Wildman–Crippen MR) is 66.3 cm³/mol. The summed E-state index contributed by atoms with van der Waals surface area (Å²) in [5, 5.41) is 3.24. The lowest BCUT2D eigenvalue weighted by molar-refractivity contribution is 0.597. The maximum absolute atomic E-state index is 13.6. The molecule has 0 spiro atoms. The monoisotopic (exact) mass is 221 g/mol. The van der Waals surface area contributed by atoms with Crippen LogP contribution in [0.2, 0.25) is 0 Å². The van der Waals surface area contributed by atoms with Gasteiger partial charge in [-0.25, -0.2) is 4.39 Å². The van der Waals surface area contributed by atoms with Crippen LogP contribution in [0.1, 0.15) is 45.1 Å². The summed E-state index contributed by atoms with van der Waals surface area (Å²) in [5.74, 6) is 0.298. The summed E-state index contributed by atoms with van der Waals surface area (Å²) in [6.07, 6.45) is 2.51. The molecule has 0 saturated heterocycles. The van der Waals surface area contributed by atoms with Crippen LogP contribution >= 0.6 is 0 Å². The summed E-state index contributed by atoms with van der Waals surface area (Å²) in [7, 11) is 0. The lowest BCUT2D eigenvalue weighted by Gasteiger charge is -2.14. The zero-order valence-electron chi connectivity index (χ0n) is 10.3.